The largest absolute Gasteiger partial charge is 0.405 e. The summed E-state index contributed by atoms with van der Waals surface area (Å²) in [6.45, 7) is 0. The van der Waals surface area contributed by atoms with Crippen molar-refractivity contribution in [1.29, 1.82) is 0 Å². The summed E-state index contributed by atoms with van der Waals surface area (Å²) in [5.74, 6) is 6.75. The molecule has 1 saturated carbocycles. The van der Waals surface area contributed by atoms with E-state index in [2.05, 4.69) is 5.16 Å². The second kappa shape index (κ2) is 4.46. The number of aromatic nitrogens is 1. The predicted octanol–water partition coefficient (Wildman–Crippen LogP) is 3.78. The summed E-state index contributed by atoms with van der Waals surface area (Å²) >= 11 is 12.3. The first-order valence-corrected chi connectivity index (χ1v) is 6.28. The topological polar surface area (TPSA) is 61.3 Å². The van der Waals surface area contributed by atoms with Crippen molar-refractivity contribution in [1.82, 2.24) is 5.16 Å². The Bertz CT molecular complexity index is 574. The molecule has 0 amide bonds. The molecule has 0 bridgehead atoms. The van der Waals surface area contributed by atoms with E-state index in [0.717, 1.165) is 12.8 Å². The van der Waals surface area contributed by atoms with Crippen LogP contribution >= 0.6 is 23.2 Å². The number of hydrogen-bond acceptors (Lipinski definition) is 4. The standard InChI is InChI=1S/C12H10Cl2N2O2/c13-7-2-1-3-8(14)9(7)10-12(17-15)11(18-16-10)6-4-5-6/h1-3,6H,4-5,15H2. The fraction of sp³-hybridized carbons (Fsp3) is 0.250. The lowest BCUT2D eigenvalue weighted by atomic mass is 10.1. The number of halogens is 2. The van der Waals surface area contributed by atoms with Crippen molar-refractivity contribution < 1.29 is 9.36 Å². The van der Waals surface area contributed by atoms with Crippen LogP contribution in [0.25, 0.3) is 11.3 Å². The zero-order chi connectivity index (χ0) is 12.7. The van der Waals surface area contributed by atoms with E-state index < -0.39 is 0 Å². The predicted molar refractivity (Wildman–Crippen MR) is 68.7 cm³/mol. The number of rotatable bonds is 3. The smallest absolute Gasteiger partial charge is 0.217 e. The minimum Gasteiger partial charge on any atom is -0.405 e. The van der Waals surface area contributed by atoms with Crippen LogP contribution < -0.4 is 10.7 Å². The molecule has 0 saturated heterocycles. The van der Waals surface area contributed by atoms with Gasteiger partial charge >= 0.3 is 0 Å². The normalized spacial score (nSPS) is 14.8. The van der Waals surface area contributed by atoms with Crippen LogP contribution in [0.5, 0.6) is 5.75 Å². The van der Waals surface area contributed by atoms with Crippen LogP contribution in [-0.4, -0.2) is 5.16 Å². The summed E-state index contributed by atoms with van der Waals surface area (Å²) in [6, 6.07) is 5.22. The van der Waals surface area contributed by atoms with Crippen LogP contribution in [0.2, 0.25) is 10.0 Å². The van der Waals surface area contributed by atoms with Crippen molar-refractivity contribution in [3.05, 3.63) is 34.0 Å². The van der Waals surface area contributed by atoms with Crippen LogP contribution in [-0.2, 0) is 0 Å². The molecule has 0 aliphatic heterocycles. The summed E-state index contributed by atoms with van der Waals surface area (Å²) in [6.07, 6.45) is 2.11. The Labute approximate surface area is 114 Å². The minimum absolute atomic E-state index is 0.339. The third-order valence-electron chi connectivity index (χ3n) is 2.94. The van der Waals surface area contributed by atoms with Crippen molar-refractivity contribution >= 4 is 23.2 Å². The highest BCUT2D eigenvalue weighted by molar-refractivity contribution is 6.39. The molecule has 0 radical (unpaired) electrons. The average Bonchev–Trinajstić information content (AvgIpc) is 3.10. The maximum atomic E-state index is 6.13. The van der Waals surface area contributed by atoms with Gasteiger partial charge in [0, 0.05) is 11.5 Å². The Morgan fingerprint density at radius 1 is 1.28 bits per heavy atom. The van der Waals surface area contributed by atoms with E-state index in [0.29, 0.717) is 38.7 Å². The molecule has 1 fully saturated rings. The first kappa shape index (κ1) is 11.8. The van der Waals surface area contributed by atoms with Gasteiger partial charge in [0.1, 0.15) is 0 Å². The van der Waals surface area contributed by atoms with Gasteiger partial charge in [-0.3, -0.25) is 0 Å². The molecule has 2 N–H and O–H groups in total. The molecule has 1 aliphatic carbocycles. The SMILES string of the molecule is NOc1c(-c2c(Cl)cccc2Cl)noc1C1CC1. The van der Waals surface area contributed by atoms with Crippen LogP contribution in [0.3, 0.4) is 0 Å². The van der Waals surface area contributed by atoms with Gasteiger partial charge in [-0.15, -0.1) is 0 Å². The van der Waals surface area contributed by atoms with Crippen molar-refractivity contribution in [2.24, 2.45) is 5.90 Å². The Morgan fingerprint density at radius 3 is 2.50 bits per heavy atom. The molecule has 1 aromatic carbocycles. The molecule has 2 aromatic rings. The van der Waals surface area contributed by atoms with E-state index in [4.69, 9.17) is 38.5 Å². The fourth-order valence-electron chi connectivity index (χ4n) is 1.90. The Kier molecular flexibility index (Phi) is 2.93. The quantitative estimate of drug-likeness (QED) is 0.872. The van der Waals surface area contributed by atoms with Crippen molar-refractivity contribution in [3.8, 4) is 17.0 Å². The van der Waals surface area contributed by atoms with E-state index in [-0.39, 0.29) is 0 Å². The summed E-state index contributed by atoms with van der Waals surface area (Å²) in [7, 11) is 0. The van der Waals surface area contributed by atoms with Gasteiger partial charge in [-0.05, 0) is 25.0 Å². The maximum Gasteiger partial charge on any atom is 0.217 e. The summed E-state index contributed by atoms with van der Waals surface area (Å²) in [5.41, 5.74) is 1.03. The van der Waals surface area contributed by atoms with E-state index in [1.54, 1.807) is 18.2 Å². The molecule has 0 atom stereocenters. The van der Waals surface area contributed by atoms with Gasteiger partial charge in [-0.2, -0.15) is 5.90 Å². The van der Waals surface area contributed by atoms with Gasteiger partial charge in [0.15, 0.2) is 11.5 Å². The molecule has 4 nitrogen and oxygen atoms in total. The highest BCUT2D eigenvalue weighted by atomic mass is 35.5. The summed E-state index contributed by atoms with van der Waals surface area (Å²) < 4.78 is 5.30. The van der Waals surface area contributed by atoms with E-state index >= 15 is 0 Å². The molecule has 1 aliphatic rings. The Morgan fingerprint density at radius 2 is 1.94 bits per heavy atom. The maximum absolute atomic E-state index is 6.13. The number of nitrogens with two attached hydrogens (primary N) is 1. The second-order valence-electron chi connectivity index (χ2n) is 4.21. The molecule has 0 unspecified atom stereocenters. The molecule has 1 aromatic heterocycles. The van der Waals surface area contributed by atoms with Gasteiger partial charge in [0.25, 0.3) is 0 Å². The number of hydrogen-bond donors (Lipinski definition) is 1. The minimum atomic E-state index is 0.339. The first-order valence-electron chi connectivity index (χ1n) is 5.53. The summed E-state index contributed by atoms with van der Waals surface area (Å²) in [4.78, 5) is 4.91. The highest BCUT2D eigenvalue weighted by Gasteiger charge is 2.34. The molecule has 94 valence electrons. The molecular weight excluding hydrogens is 275 g/mol. The van der Waals surface area contributed by atoms with E-state index in [9.17, 15) is 0 Å². The van der Waals surface area contributed by atoms with Gasteiger partial charge in [-0.1, -0.05) is 34.4 Å². The van der Waals surface area contributed by atoms with Crippen molar-refractivity contribution in [2.75, 3.05) is 0 Å². The number of nitrogens with zero attached hydrogens (tertiary/aromatic N) is 1. The van der Waals surface area contributed by atoms with Crippen LogP contribution in [0.4, 0.5) is 0 Å². The average molecular weight is 285 g/mol. The first-order chi connectivity index (χ1) is 8.72. The van der Waals surface area contributed by atoms with Crippen molar-refractivity contribution in [2.45, 2.75) is 18.8 Å². The monoisotopic (exact) mass is 284 g/mol. The van der Waals surface area contributed by atoms with Gasteiger partial charge in [-0.25, -0.2) is 0 Å². The molecule has 18 heavy (non-hydrogen) atoms. The highest BCUT2D eigenvalue weighted by Crippen LogP contribution is 2.49. The lowest BCUT2D eigenvalue weighted by molar-refractivity contribution is 0.315. The molecule has 0 spiro atoms. The lowest BCUT2D eigenvalue weighted by Gasteiger charge is -2.05. The zero-order valence-electron chi connectivity index (χ0n) is 9.32. The molecular formula is C12H10Cl2N2O2. The lowest BCUT2D eigenvalue weighted by Crippen LogP contribution is -2.04. The fourth-order valence-corrected chi connectivity index (χ4v) is 2.47. The summed E-state index contributed by atoms with van der Waals surface area (Å²) in [5, 5.41) is 4.96. The second-order valence-corrected chi connectivity index (χ2v) is 5.03. The van der Waals surface area contributed by atoms with Crippen LogP contribution in [0, 0.1) is 0 Å². The molecule has 6 heteroatoms. The molecule has 3 rings (SSSR count). The van der Waals surface area contributed by atoms with Gasteiger partial charge in [0.2, 0.25) is 5.75 Å². The Balaban J connectivity index is 2.16. The van der Waals surface area contributed by atoms with E-state index in [1.807, 2.05) is 0 Å². The van der Waals surface area contributed by atoms with Gasteiger partial charge < -0.3 is 9.36 Å². The Hall–Kier alpha value is -1.23. The van der Waals surface area contributed by atoms with Crippen molar-refractivity contribution in [3.63, 3.8) is 0 Å². The van der Waals surface area contributed by atoms with Crippen LogP contribution in [0.15, 0.2) is 22.7 Å². The number of benzene rings is 1. The third-order valence-corrected chi connectivity index (χ3v) is 3.57. The van der Waals surface area contributed by atoms with Gasteiger partial charge in [0.05, 0.1) is 10.0 Å². The third kappa shape index (κ3) is 1.86. The molecule has 1 heterocycles. The van der Waals surface area contributed by atoms with Crippen LogP contribution in [0.1, 0.15) is 24.5 Å². The van der Waals surface area contributed by atoms with E-state index in [1.165, 1.54) is 0 Å². The zero-order valence-corrected chi connectivity index (χ0v) is 10.8.